The third-order valence-corrected chi connectivity index (χ3v) is 4.76. The van der Waals surface area contributed by atoms with Crippen molar-refractivity contribution in [2.75, 3.05) is 26.7 Å². The summed E-state index contributed by atoms with van der Waals surface area (Å²) in [6.07, 6.45) is 0.960. The van der Waals surface area contributed by atoms with Crippen LogP contribution in [0, 0.1) is 24.5 Å². The highest BCUT2D eigenvalue weighted by Gasteiger charge is 2.27. The Morgan fingerprint density at radius 3 is 2.64 bits per heavy atom. The van der Waals surface area contributed by atoms with E-state index >= 15 is 0 Å². The monoisotopic (exact) mass is 344 g/mol. The van der Waals surface area contributed by atoms with E-state index in [9.17, 15) is 13.6 Å². The summed E-state index contributed by atoms with van der Waals surface area (Å²) in [5.74, 6) is -0.509. The van der Waals surface area contributed by atoms with Gasteiger partial charge in [-0.05, 0) is 68.2 Å². The lowest BCUT2D eigenvalue weighted by Gasteiger charge is -2.17. The van der Waals surface area contributed by atoms with Crippen LogP contribution in [0.4, 0.5) is 8.78 Å². The zero-order valence-corrected chi connectivity index (χ0v) is 14.5. The molecule has 2 aromatic rings. The van der Waals surface area contributed by atoms with E-state index in [1.807, 2.05) is 7.05 Å². The molecule has 1 atom stereocenters. The molecular formula is C20H22F2N2O. The summed E-state index contributed by atoms with van der Waals surface area (Å²) in [6.45, 7) is 4.01. The quantitative estimate of drug-likeness (QED) is 0.919. The standard InChI is InChI=1S/C20H22F2N2O/c1-13-9-16(21)4-6-17(13)18-5-3-15(10-19(18)22)20(25)24-8-7-14(12-24)11-23-2/h3-6,9-10,14,23H,7-8,11-12H2,1-2H3/t14-/m0/s1. The van der Waals surface area contributed by atoms with Crippen LogP contribution in [0.5, 0.6) is 0 Å². The Kier molecular flexibility index (Phi) is 5.13. The van der Waals surface area contributed by atoms with Gasteiger partial charge in [-0.15, -0.1) is 0 Å². The van der Waals surface area contributed by atoms with Gasteiger partial charge in [-0.1, -0.05) is 12.1 Å². The third kappa shape index (κ3) is 3.71. The van der Waals surface area contributed by atoms with Crippen molar-refractivity contribution in [1.29, 1.82) is 0 Å². The van der Waals surface area contributed by atoms with Gasteiger partial charge in [0.25, 0.3) is 5.91 Å². The normalized spacial score (nSPS) is 17.1. The lowest BCUT2D eigenvalue weighted by molar-refractivity contribution is 0.0786. The highest BCUT2D eigenvalue weighted by molar-refractivity contribution is 5.95. The second kappa shape index (κ2) is 7.31. The molecule has 0 unspecified atom stereocenters. The summed E-state index contributed by atoms with van der Waals surface area (Å²) in [6, 6.07) is 8.78. The molecule has 1 aliphatic rings. The first kappa shape index (κ1) is 17.5. The Balaban J connectivity index is 1.81. The van der Waals surface area contributed by atoms with Crippen molar-refractivity contribution in [2.45, 2.75) is 13.3 Å². The number of aryl methyl sites for hydroxylation is 1. The zero-order valence-electron chi connectivity index (χ0n) is 14.5. The maximum Gasteiger partial charge on any atom is 0.253 e. The molecule has 1 fully saturated rings. The lowest BCUT2D eigenvalue weighted by atomic mass is 9.98. The van der Waals surface area contributed by atoms with E-state index in [4.69, 9.17) is 0 Å². The Morgan fingerprint density at radius 1 is 1.20 bits per heavy atom. The lowest BCUT2D eigenvalue weighted by Crippen LogP contribution is -2.30. The van der Waals surface area contributed by atoms with E-state index in [2.05, 4.69) is 5.32 Å². The summed E-state index contributed by atoms with van der Waals surface area (Å²) < 4.78 is 27.8. The van der Waals surface area contributed by atoms with Gasteiger partial charge in [-0.2, -0.15) is 0 Å². The molecule has 1 N–H and O–H groups in total. The van der Waals surface area contributed by atoms with Crippen molar-refractivity contribution in [3.63, 3.8) is 0 Å². The first-order valence-corrected chi connectivity index (χ1v) is 8.49. The van der Waals surface area contributed by atoms with Crippen LogP contribution in [0.25, 0.3) is 11.1 Å². The SMILES string of the molecule is CNC[C@@H]1CCN(C(=O)c2ccc(-c3ccc(F)cc3C)c(F)c2)C1. The third-order valence-electron chi connectivity index (χ3n) is 4.76. The highest BCUT2D eigenvalue weighted by atomic mass is 19.1. The summed E-state index contributed by atoms with van der Waals surface area (Å²) in [7, 11) is 1.90. The smallest absolute Gasteiger partial charge is 0.253 e. The molecule has 3 rings (SSSR count). The molecule has 1 aliphatic heterocycles. The summed E-state index contributed by atoms with van der Waals surface area (Å²) >= 11 is 0. The number of amides is 1. The van der Waals surface area contributed by atoms with Gasteiger partial charge in [0.05, 0.1) is 0 Å². The second-order valence-corrected chi connectivity index (χ2v) is 6.62. The number of benzene rings is 2. The number of nitrogens with one attached hydrogen (secondary N) is 1. The molecule has 2 aromatic carbocycles. The molecule has 1 heterocycles. The number of rotatable bonds is 4. The van der Waals surface area contributed by atoms with E-state index in [1.165, 1.54) is 18.2 Å². The van der Waals surface area contributed by atoms with Gasteiger partial charge in [0.15, 0.2) is 0 Å². The van der Waals surface area contributed by atoms with Crippen LogP contribution in [-0.4, -0.2) is 37.5 Å². The largest absolute Gasteiger partial charge is 0.338 e. The number of nitrogens with zero attached hydrogens (tertiary/aromatic N) is 1. The predicted molar refractivity (Wildman–Crippen MR) is 94.5 cm³/mol. The first-order chi connectivity index (χ1) is 12.0. The fourth-order valence-electron chi connectivity index (χ4n) is 3.45. The summed E-state index contributed by atoms with van der Waals surface area (Å²) in [4.78, 5) is 14.4. The average molecular weight is 344 g/mol. The van der Waals surface area contributed by atoms with E-state index in [1.54, 1.807) is 30.0 Å². The van der Waals surface area contributed by atoms with Crippen LogP contribution in [0.2, 0.25) is 0 Å². The minimum atomic E-state index is -0.466. The number of hydrogen-bond donors (Lipinski definition) is 1. The van der Waals surface area contributed by atoms with Crippen LogP contribution in [0.3, 0.4) is 0 Å². The van der Waals surface area contributed by atoms with E-state index in [0.29, 0.717) is 41.3 Å². The van der Waals surface area contributed by atoms with Gasteiger partial charge in [0.1, 0.15) is 11.6 Å². The van der Waals surface area contributed by atoms with Gasteiger partial charge in [-0.25, -0.2) is 8.78 Å². The second-order valence-electron chi connectivity index (χ2n) is 6.62. The van der Waals surface area contributed by atoms with E-state index in [-0.39, 0.29) is 11.7 Å². The topological polar surface area (TPSA) is 32.3 Å². The first-order valence-electron chi connectivity index (χ1n) is 8.49. The molecule has 1 amide bonds. The molecule has 1 saturated heterocycles. The molecule has 3 nitrogen and oxygen atoms in total. The molecule has 0 saturated carbocycles. The van der Waals surface area contributed by atoms with Crippen molar-refractivity contribution in [1.82, 2.24) is 10.2 Å². The Labute approximate surface area is 146 Å². The summed E-state index contributed by atoms with van der Waals surface area (Å²) in [5, 5.41) is 3.13. The Hall–Kier alpha value is -2.27. The number of halogens is 2. The minimum Gasteiger partial charge on any atom is -0.338 e. The van der Waals surface area contributed by atoms with Gasteiger partial charge in [-0.3, -0.25) is 4.79 Å². The van der Waals surface area contributed by atoms with Crippen LogP contribution < -0.4 is 5.32 Å². The van der Waals surface area contributed by atoms with Crippen molar-refractivity contribution in [3.8, 4) is 11.1 Å². The molecule has 25 heavy (non-hydrogen) atoms. The van der Waals surface area contributed by atoms with Crippen LogP contribution >= 0.6 is 0 Å². The molecular weight excluding hydrogens is 322 g/mol. The summed E-state index contributed by atoms with van der Waals surface area (Å²) in [5.41, 5.74) is 2.02. The maximum absolute atomic E-state index is 14.6. The number of carbonyl (C=O) groups is 1. The van der Waals surface area contributed by atoms with Crippen LogP contribution in [0.15, 0.2) is 36.4 Å². The Morgan fingerprint density at radius 2 is 1.96 bits per heavy atom. The molecule has 0 aromatic heterocycles. The predicted octanol–water partition coefficient (Wildman–Crippen LogP) is 3.62. The van der Waals surface area contributed by atoms with Gasteiger partial charge < -0.3 is 10.2 Å². The maximum atomic E-state index is 14.6. The van der Waals surface area contributed by atoms with Gasteiger partial charge in [0, 0.05) is 24.2 Å². The molecule has 0 bridgehead atoms. The Bertz CT molecular complexity index is 791. The average Bonchev–Trinajstić information content (AvgIpc) is 3.04. The fourth-order valence-corrected chi connectivity index (χ4v) is 3.45. The van der Waals surface area contributed by atoms with Crippen molar-refractivity contribution in [3.05, 3.63) is 59.2 Å². The zero-order chi connectivity index (χ0) is 18.0. The molecule has 132 valence electrons. The van der Waals surface area contributed by atoms with Crippen LogP contribution in [-0.2, 0) is 0 Å². The molecule has 0 spiro atoms. The highest BCUT2D eigenvalue weighted by Crippen LogP contribution is 2.28. The molecule has 0 aliphatic carbocycles. The number of likely N-dealkylation sites (tertiary alicyclic amines) is 1. The van der Waals surface area contributed by atoms with E-state index < -0.39 is 5.82 Å². The van der Waals surface area contributed by atoms with Crippen molar-refractivity contribution >= 4 is 5.91 Å². The minimum absolute atomic E-state index is 0.139. The van der Waals surface area contributed by atoms with E-state index in [0.717, 1.165) is 13.0 Å². The van der Waals surface area contributed by atoms with Gasteiger partial charge in [0.2, 0.25) is 0 Å². The molecule has 5 heteroatoms. The fraction of sp³-hybridized carbons (Fsp3) is 0.350. The molecule has 0 radical (unpaired) electrons. The number of hydrogen-bond acceptors (Lipinski definition) is 2. The number of carbonyl (C=O) groups excluding carboxylic acids is 1. The van der Waals surface area contributed by atoms with Gasteiger partial charge >= 0.3 is 0 Å². The van der Waals surface area contributed by atoms with Crippen LogP contribution in [0.1, 0.15) is 22.3 Å². The van der Waals surface area contributed by atoms with Crippen molar-refractivity contribution in [2.24, 2.45) is 5.92 Å². The van der Waals surface area contributed by atoms with Crippen molar-refractivity contribution < 1.29 is 13.6 Å².